The predicted molar refractivity (Wildman–Crippen MR) is 130 cm³/mol. The second kappa shape index (κ2) is 9.63. The molecule has 4 rings (SSSR count). The predicted octanol–water partition coefficient (Wildman–Crippen LogP) is 4.67. The second-order valence-electron chi connectivity index (χ2n) is 9.12. The first-order valence-electron chi connectivity index (χ1n) is 11.7. The largest absolute Gasteiger partial charge is 0.370 e. The molecule has 0 saturated carbocycles. The van der Waals surface area contributed by atoms with Gasteiger partial charge in [0.15, 0.2) is 0 Å². The molecule has 2 aliphatic rings. The zero-order valence-corrected chi connectivity index (χ0v) is 19.4. The molecule has 2 aromatic rings. The number of likely N-dealkylation sites (N-methyl/N-ethyl adjacent to an activating group) is 1. The van der Waals surface area contributed by atoms with E-state index in [1.165, 1.54) is 11.3 Å². The Kier molecular flexibility index (Phi) is 6.68. The first kappa shape index (κ1) is 22.2. The van der Waals surface area contributed by atoms with E-state index in [4.69, 9.17) is 0 Å². The number of aryl methyl sites for hydroxylation is 2. The lowest BCUT2D eigenvalue weighted by atomic mass is 10.0. The van der Waals surface area contributed by atoms with Crippen LogP contribution in [0.1, 0.15) is 47.2 Å². The summed E-state index contributed by atoms with van der Waals surface area (Å²) in [5.74, 6) is 0.0199. The molecule has 2 heterocycles. The zero-order valence-electron chi connectivity index (χ0n) is 19.4. The Morgan fingerprint density at radius 3 is 2.34 bits per heavy atom. The number of anilines is 2. The Hall–Kier alpha value is -3.02. The van der Waals surface area contributed by atoms with Crippen LogP contribution in [0, 0.1) is 13.8 Å². The number of nitrogens with one attached hydrogen (secondary N) is 1. The summed E-state index contributed by atoms with van der Waals surface area (Å²) in [7, 11) is 2.10. The van der Waals surface area contributed by atoms with Crippen LogP contribution in [0.2, 0.25) is 0 Å². The van der Waals surface area contributed by atoms with Crippen molar-refractivity contribution in [2.24, 2.45) is 0 Å². The van der Waals surface area contributed by atoms with Crippen molar-refractivity contribution < 1.29 is 9.59 Å². The second-order valence-corrected chi connectivity index (χ2v) is 9.12. The highest BCUT2D eigenvalue weighted by atomic mass is 16.2. The molecule has 6 nitrogen and oxygen atoms in total. The van der Waals surface area contributed by atoms with Gasteiger partial charge in [0.05, 0.1) is 11.3 Å². The summed E-state index contributed by atoms with van der Waals surface area (Å²) in [6.07, 6.45) is 4.10. The van der Waals surface area contributed by atoms with Gasteiger partial charge in [-0.2, -0.15) is 0 Å². The van der Waals surface area contributed by atoms with E-state index < -0.39 is 0 Å². The van der Waals surface area contributed by atoms with E-state index in [2.05, 4.69) is 48.5 Å². The SMILES string of the molecule is Cc1ccc(N(C)C2CCCN(C(=O)Nc3cccc(C)c3C(=O)N3CCCC3)C2)cc1. The van der Waals surface area contributed by atoms with Crippen molar-refractivity contribution in [2.75, 3.05) is 43.4 Å². The lowest BCUT2D eigenvalue weighted by molar-refractivity contribution is 0.0793. The number of nitrogens with zero attached hydrogens (tertiary/aromatic N) is 3. The van der Waals surface area contributed by atoms with Gasteiger partial charge in [-0.25, -0.2) is 4.79 Å². The molecule has 2 fully saturated rings. The van der Waals surface area contributed by atoms with Crippen molar-refractivity contribution in [3.05, 3.63) is 59.2 Å². The lowest BCUT2D eigenvalue weighted by Crippen LogP contribution is -2.50. The number of urea groups is 1. The molecule has 1 atom stereocenters. The number of amides is 3. The molecule has 1 N–H and O–H groups in total. The number of likely N-dealkylation sites (tertiary alicyclic amines) is 2. The minimum absolute atomic E-state index is 0.0199. The first-order chi connectivity index (χ1) is 15.4. The highest BCUT2D eigenvalue weighted by Gasteiger charge is 2.28. The summed E-state index contributed by atoms with van der Waals surface area (Å²) < 4.78 is 0. The van der Waals surface area contributed by atoms with Crippen molar-refractivity contribution in [1.82, 2.24) is 9.80 Å². The number of rotatable bonds is 4. The van der Waals surface area contributed by atoms with Gasteiger partial charge in [-0.05, 0) is 63.3 Å². The fourth-order valence-electron chi connectivity index (χ4n) is 4.77. The zero-order chi connectivity index (χ0) is 22.7. The molecule has 32 heavy (non-hydrogen) atoms. The highest BCUT2D eigenvalue weighted by Crippen LogP contribution is 2.26. The molecule has 6 heteroatoms. The molecule has 3 amide bonds. The van der Waals surface area contributed by atoms with Crippen LogP contribution in [0.15, 0.2) is 42.5 Å². The minimum Gasteiger partial charge on any atom is -0.370 e. The van der Waals surface area contributed by atoms with Gasteiger partial charge >= 0.3 is 6.03 Å². The third kappa shape index (κ3) is 4.74. The van der Waals surface area contributed by atoms with Gasteiger partial charge in [0.25, 0.3) is 5.91 Å². The summed E-state index contributed by atoms with van der Waals surface area (Å²) in [5.41, 5.74) is 4.54. The van der Waals surface area contributed by atoms with E-state index >= 15 is 0 Å². The molecular weight excluding hydrogens is 400 g/mol. The van der Waals surface area contributed by atoms with Crippen LogP contribution >= 0.6 is 0 Å². The summed E-state index contributed by atoms with van der Waals surface area (Å²) in [5, 5.41) is 3.05. The summed E-state index contributed by atoms with van der Waals surface area (Å²) in [4.78, 5) is 32.4. The van der Waals surface area contributed by atoms with Crippen LogP contribution in [0.25, 0.3) is 0 Å². The van der Waals surface area contributed by atoms with Gasteiger partial charge in [-0.1, -0.05) is 29.8 Å². The molecule has 2 aliphatic heterocycles. The van der Waals surface area contributed by atoms with Crippen LogP contribution in [-0.2, 0) is 0 Å². The van der Waals surface area contributed by atoms with E-state index in [1.807, 2.05) is 34.9 Å². The average Bonchev–Trinajstić information content (AvgIpc) is 3.34. The fourth-order valence-corrected chi connectivity index (χ4v) is 4.77. The number of hydrogen-bond donors (Lipinski definition) is 1. The number of piperidine rings is 1. The quantitative estimate of drug-likeness (QED) is 0.761. The molecule has 0 spiro atoms. The van der Waals surface area contributed by atoms with E-state index in [0.29, 0.717) is 17.8 Å². The number of benzene rings is 2. The van der Waals surface area contributed by atoms with Crippen LogP contribution in [-0.4, -0.2) is 61.0 Å². The van der Waals surface area contributed by atoms with Crippen molar-refractivity contribution in [3.63, 3.8) is 0 Å². The Morgan fingerprint density at radius 2 is 1.62 bits per heavy atom. The monoisotopic (exact) mass is 434 g/mol. The van der Waals surface area contributed by atoms with Crippen LogP contribution in [0.3, 0.4) is 0 Å². The number of hydrogen-bond acceptors (Lipinski definition) is 3. The Labute approximate surface area is 191 Å². The van der Waals surface area contributed by atoms with Crippen molar-refractivity contribution in [3.8, 4) is 0 Å². The van der Waals surface area contributed by atoms with Crippen molar-refractivity contribution >= 4 is 23.3 Å². The minimum atomic E-state index is -0.131. The van der Waals surface area contributed by atoms with Crippen LogP contribution in [0.5, 0.6) is 0 Å². The Balaban J connectivity index is 1.46. The molecule has 170 valence electrons. The third-order valence-electron chi connectivity index (χ3n) is 6.79. The summed E-state index contributed by atoms with van der Waals surface area (Å²) >= 11 is 0. The highest BCUT2D eigenvalue weighted by molar-refractivity contribution is 6.04. The normalized spacial score (nSPS) is 18.5. The maximum atomic E-state index is 13.2. The average molecular weight is 435 g/mol. The van der Waals surface area contributed by atoms with Gasteiger partial charge in [0.2, 0.25) is 0 Å². The summed E-state index contributed by atoms with van der Waals surface area (Å²) in [6, 6.07) is 14.3. The van der Waals surface area contributed by atoms with Gasteiger partial charge in [0, 0.05) is 45.0 Å². The summed E-state index contributed by atoms with van der Waals surface area (Å²) in [6.45, 7) is 7.00. The lowest BCUT2D eigenvalue weighted by Gasteiger charge is -2.38. The maximum Gasteiger partial charge on any atom is 0.321 e. The number of carbonyl (C=O) groups excluding carboxylic acids is 2. The molecular formula is C26H34N4O2. The molecule has 2 aromatic carbocycles. The van der Waals surface area contributed by atoms with E-state index in [-0.39, 0.29) is 18.0 Å². The Bertz CT molecular complexity index is 966. The van der Waals surface area contributed by atoms with Gasteiger partial charge < -0.3 is 20.0 Å². The van der Waals surface area contributed by atoms with Crippen molar-refractivity contribution in [2.45, 2.75) is 45.6 Å². The van der Waals surface area contributed by atoms with Crippen molar-refractivity contribution in [1.29, 1.82) is 0 Å². The number of carbonyl (C=O) groups is 2. The molecule has 0 radical (unpaired) electrons. The van der Waals surface area contributed by atoms with Gasteiger partial charge in [-0.15, -0.1) is 0 Å². The standard InChI is InChI=1S/C26H34N4O2/c1-19-11-13-21(14-12-19)28(3)22-9-7-17-30(18-22)26(32)27-23-10-6-8-20(2)24(23)25(31)29-15-4-5-16-29/h6,8,10-14,22H,4-5,7,9,15-18H2,1-3H3,(H,27,32). The van der Waals surface area contributed by atoms with Gasteiger partial charge in [0.1, 0.15) is 0 Å². The molecule has 0 aliphatic carbocycles. The van der Waals surface area contributed by atoms with Crippen LogP contribution in [0.4, 0.5) is 16.2 Å². The smallest absolute Gasteiger partial charge is 0.321 e. The molecule has 1 unspecified atom stereocenters. The first-order valence-corrected chi connectivity index (χ1v) is 11.7. The molecule has 2 saturated heterocycles. The maximum absolute atomic E-state index is 13.2. The molecule has 0 bridgehead atoms. The van der Waals surface area contributed by atoms with E-state index in [1.54, 1.807) is 0 Å². The van der Waals surface area contributed by atoms with Gasteiger partial charge in [-0.3, -0.25) is 4.79 Å². The van der Waals surface area contributed by atoms with E-state index in [9.17, 15) is 9.59 Å². The Morgan fingerprint density at radius 1 is 0.938 bits per heavy atom. The van der Waals surface area contributed by atoms with E-state index in [0.717, 1.165) is 50.9 Å². The molecule has 0 aromatic heterocycles. The topological polar surface area (TPSA) is 55.9 Å². The van der Waals surface area contributed by atoms with Crippen LogP contribution < -0.4 is 10.2 Å². The fraction of sp³-hybridized carbons (Fsp3) is 0.462. The third-order valence-corrected chi connectivity index (χ3v) is 6.79.